The van der Waals surface area contributed by atoms with Gasteiger partial charge in [-0.15, -0.1) is 0 Å². The molecule has 0 aromatic heterocycles. The number of halogens is 2. The number of hydrogen-bond donors (Lipinski definition) is 1. The first-order chi connectivity index (χ1) is 10.1. The minimum absolute atomic E-state index is 0.123. The van der Waals surface area contributed by atoms with Gasteiger partial charge in [-0.25, -0.2) is 0 Å². The highest BCUT2D eigenvalue weighted by atomic mass is 19.3. The number of nitrogens with one attached hydrogen (secondary N) is 1. The van der Waals surface area contributed by atoms with Crippen LogP contribution in [-0.4, -0.2) is 36.6 Å². The molecule has 1 aromatic carbocycles. The summed E-state index contributed by atoms with van der Waals surface area (Å²) in [5.74, 6) is -2.09. The van der Waals surface area contributed by atoms with Crippen LogP contribution in [0, 0.1) is 5.92 Å². The molecule has 1 aliphatic carbocycles. The molecule has 21 heavy (non-hydrogen) atoms. The van der Waals surface area contributed by atoms with E-state index in [0.717, 1.165) is 19.5 Å². The van der Waals surface area contributed by atoms with Gasteiger partial charge in [0.15, 0.2) is 0 Å². The number of nitrogens with zero attached hydrogens (tertiary/aromatic N) is 1. The van der Waals surface area contributed by atoms with Crippen molar-refractivity contribution in [2.75, 3.05) is 19.6 Å². The predicted molar refractivity (Wildman–Crippen MR) is 80.5 cm³/mol. The Morgan fingerprint density at radius 3 is 2.57 bits per heavy atom. The molecular formula is C17H24F2N2. The molecule has 1 N–H and O–H groups in total. The lowest BCUT2D eigenvalue weighted by Crippen LogP contribution is -2.45. The Kier molecular flexibility index (Phi) is 4.27. The lowest BCUT2D eigenvalue weighted by molar-refractivity contribution is -0.0471. The fourth-order valence-electron chi connectivity index (χ4n) is 3.22. The second-order valence-corrected chi connectivity index (χ2v) is 6.54. The van der Waals surface area contributed by atoms with Gasteiger partial charge in [-0.05, 0) is 38.6 Å². The van der Waals surface area contributed by atoms with Crippen molar-refractivity contribution in [3.63, 3.8) is 0 Å². The van der Waals surface area contributed by atoms with Crippen molar-refractivity contribution < 1.29 is 8.78 Å². The standard InChI is InChI=1S/C17H24F2N2/c1-13-9-10-20-16(14-7-8-14)11-21(13)12-17(18,19)15-5-3-2-4-6-15/h2-6,13-14,16,20H,7-12H2,1H3. The van der Waals surface area contributed by atoms with Crippen LogP contribution in [0.1, 0.15) is 31.7 Å². The highest BCUT2D eigenvalue weighted by Crippen LogP contribution is 2.35. The number of benzene rings is 1. The molecule has 0 spiro atoms. The van der Waals surface area contributed by atoms with Gasteiger partial charge in [0.2, 0.25) is 0 Å². The number of hydrogen-bond acceptors (Lipinski definition) is 2. The normalized spacial score (nSPS) is 28.3. The summed E-state index contributed by atoms with van der Waals surface area (Å²) in [7, 11) is 0. The molecule has 116 valence electrons. The molecule has 0 amide bonds. The first-order valence-corrected chi connectivity index (χ1v) is 7.97. The molecule has 2 aliphatic rings. The highest BCUT2D eigenvalue weighted by molar-refractivity contribution is 5.20. The van der Waals surface area contributed by atoms with Gasteiger partial charge in [-0.1, -0.05) is 30.3 Å². The van der Waals surface area contributed by atoms with E-state index in [9.17, 15) is 8.78 Å². The van der Waals surface area contributed by atoms with Crippen molar-refractivity contribution in [3.05, 3.63) is 35.9 Å². The third-order valence-corrected chi connectivity index (χ3v) is 4.81. The van der Waals surface area contributed by atoms with Crippen LogP contribution < -0.4 is 5.32 Å². The summed E-state index contributed by atoms with van der Waals surface area (Å²) in [5, 5.41) is 3.54. The third kappa shape index (κ3) is 3.61. The average molecular weight is 294 g/mol. The van der Waals surface area contributed by atoms with Crippen LogP contribution in [0.15, 0.2) is 30.3 Å². The average Bonchev–Trinajstić information content (AvgIpc) is 3.30. The Bertz CT molecular complexity index is 459. The maximum absolute atomic E-state index is 14.5. The van der Waals surface area contributed by atoms with E-state index >= 15 is 0 Å². The molecule has 0 radical (unpaired) electrons. The van der Waals surface area contributed by atoms with Crippen LogP contribution in [0.3, 0.4) is 0 Å². The Balaban J connectivity index is 1.71. The Hall–Kier alpha value is -1.00. The zero-order valence-electron chi connectivity index (χ0n) is 12.6. The highest BCUT2D eigenvalue weighted by Gasteiger charge is 2.39. The second-order valence-electron chi connectivity index (χ2n) is 6.54. The van der Waals surface area contributed by atoms with Gasteiger partial charge in [0.1, 0.15) is 0 Å². The summed E-state index contributed by atoms with van der Waals surface area (Å²) >= 11 is 0. The maximum Gasteiger partial charge on any atom is 0.285 e. The molecule has 2 unspecified atom stereocenters. The zero-order valence-corrected chi connectivity index (χ0v) is 12.6. The van der Waals surface area contributed by atoms with Crippen molar-refractivity contribution in [2.24, 2.45) is 5.92 Å². The molecule has 1 heterocycles. The van der Waals surface area contributed by atoms with Gasteiger partial charge in [0.05, 0.1) is 6.54 Å². The van der Waals surface area contributed by atoms with Crippen molar-refractivity contribution in [2.45, 2.75) is 44.2 Å². The Morgan fingerprint density at radius 1 is 1.19 bits per heavy atom. The van der Waals surface area contributed by atoms with Crippen molar-refractivity contribution >= 4 is 0 Å². The van der Waals surface area contributed by atoms with E-state index in [1.807, 2.05) is 4.90 Å². The fraction of sp³-hybridized carbons (Fsp3) is 0.647. The van der Waals surface area contributed by atoms with Gasteiger partial charge in [0.25, 0.3) is 5.92 Å². The monoisotopic (exact) mass is 294 g/mol. The van der Waals surface area contributed by atoms with Crippen LogP contribution in [-0.2, 0) is 5.92 Å². The summed E-state index contributed by atoms with van der Waals surface area (Å²) in [6.07, 6.45) is 3.43. The number of alkyl halides is 2. The summed E-state index contributed by atoms with van der Waals surface area (Å²) in [5.41, 5.74) is 0.123. The van der Waals surface area contributed by atoms with E-state index < -0.39 is 5.92 Å². The van der Waals surface area contributed by atoms with Crippen molar-refractivity contribution in [1.82, 2.24) is 10.2 Å². The van der Waals surface area contributed by atoms with E-state index in [-0.39, 0.29) is 18.2 Å². The molecule has 2 atom stereocenters. The summed E-state index contributed by atoms with van der Waals surface area (Å²) < 4.78 is 29.1. The molecule has 1 aliphatic heterocycles. The first-order valence-electron chi connectivity index (χ1n) is 7.97. The van der Waals surface area contributed by atoms with E-state index in [1.54, 1.807) is 18.2 Å². The van der Waals surface area contributed by atoms with Gasteiger partial charge in [-0.3, -0.25) is 4.90 Å². The molecule has 3 rings (SSSR count). The minimum atomic E-state index is -2.78. The van der Waals surface area contributed by atoms with Crippen LogP contribution in [0.5, 0.6) is 0 Å². The molecular weight excluding hydrogens is 270 g/mol. The molecule has 4 heteroatoms. The summed E-state index contributed by atoms with van der Waals surface area (Å²) in [6.45, 7) is 3.57. The lowest BCUT2D eigenvalue weighted by atomic mass is 10.1. The second kappa shape index (κ2) is 6.01. The SMILES string of the molecule is CC1CCNC(C2CC2)CN1CC(F)(F)c1ccccc1. The quantitative estimate of drug-likeness (QED) is 0.917. The minimum Gasteiger partial charge on any atom is -0.312 e. The zero-order chi connectivity index (χ0) is 14.9. The van der Waals surface area contributed by atoms with Gasteiger partial charge in [0, 0.05) is 24.2 Å². The largest absolute Gasteiger partial charge is 0.312 e. The molecule has 2 nitrogen and oxygen atoms in total. The first kappa shape index (κ1) is 14.9. The van der Waals surface area contributed by atoms with E-state index in [2.05, 4.69) is 12.2 Å². The number of rotatable bonds is 4. The Morgan fingerprint density at radius 2 is 1.90 bits per heavy atom. The Labute approximate surface area is 125 Å². The van der Waals surface area contributed by atoms with E-state index in [1.165, 1.54) is 25.0 Å². The van der Waals surface area contributed by atoms with E-state index in [0.29, 0.717) is 12.0 Å². The third-order valence-electron chi connectivity index (χ3n) is 4.81. The van der Waals surface area contributed by atoms with Crippen molar-refractivity contribution in [1.29, 1.82) is 0 Å². The molecule has 1 saturated carbocycles. The topological polar surface area (TPSA) is 15.3 Å². The molecule has 1 aromatic rings. The van der Waals surface area contributed by atoms with Crippen LogP contribution in [0.2, 0.25) is 0 Å². The van der Waals surface area contributed by atoms with Gasteiger partial charge < -0.3 is 5.32 Å². The molecule has 0 bridgehead atoms. The van der Waals surface area contributed by atoms with E-state index in [4.69, 9.17) is 0 Å². The van der Waals surface area contributed by atoms with Crippen molar-refractivity contribution in [3.8, 4) is 0 Å². The maximum atomic E-state index is 14.5. The fourth-order valence-corrected chi connectivity index (χ4v) is 3.22. The lowest BCUT2D eigenvalue weighted by Gasteiger charge is -2.32. The predicted octanol–water partition coefficient (Wildman–Crippen LogP) is 3.24. The summed E-state index contributed by atoms with van der Waals surface area (Å²) in [4.78, 5) is 1.98. The van der Waals surface area contributed by atoms with Crippen LogP contribution >= 0.6 is 0 Å². The van der Waals surface area contributed by atoms with Crippen LogP contribution in [0.25, 0.3) is 0 Å². The van der Waals surface area contributed by atoms with Crippen LogP contribution in [0.4, 0.5) is 8.78 Å². The van der Waals surface area contributed by atoms with Gasteiger partial charge >= 0.3 is 0 Å². The smallest absolute Gasteiger partial charge is 0.285 e. The summed E-state index contributed by atoms with van der Waals surface area (Å²) in [6, 6.07) is 8.80. The molecule has 2 fully saturated rings. The van der Waals surface area contributed by atoms with Gasteiger partial charge in [-0.2, -0.15) is 8.78 Å². The molecule has 1 saturated heterocycles.